The molecule has 0 N–H and O–H groups in total. The minimum atomic E-state index is 0.279. The van der Waals surface area contributed by atoms with Gasteiger partial charge in [-0.1, -0.05) is 12.1 Å². The number of nitriles is 1. The molecule has 1 aliphatic rings. The average Bonchev–Trinajstić information content (AvgIpc) is 2.99. The molecule has 1 saturated heterocycles. The summed E-state index contributed by atoms with van der Waals surface area (Å²) in [7, 11) is 1.58. The van der Waals surface area contributed by atoms with E-state index in [1.165, 1.54) is 12.8 Å². The summed E-state index contributed by atoms with van der Waals surface area (Å²) in [4.78, 5) is 6.86. The Labute approximate surface area is 135 Å². The van der Waals surface area contributed by atoms with E-state index in [0.29, 0.717) is 5.69 Å². The molecular weight excluding hydrogens is 292 g/mol. The summed E-state index contributed by atoms with van der Waals surface area (Å²) in [5, 5.41) is 17.0. The van der Waals surface area contributed by atoms with Crippen LogP contribution in [0.4, 0.5) is 5.82 Å². The molecule has 0 spiro atoms. The van der Waals surface area contributed by atoms with Crippen molar-refractivity contribution in [3.63, 3.8) is 0 Å². The Kier molecular flexibility index (Phi) is 4.53. The largest absolute Gasteiger partial charge is 0.378 e. The fourth-order valence-electron chi connectivity index (χ4n) is 2.79. The normalized spacial score (nSPS) is 15.6. The Bertz CT molecular complexity index is 694. The molecule has 0 aromatic carbocycles. The summed E-state index contributed by atoms with van der Waals surface area (Å²) >= 11 is 0. The highest BCUT2D eigenvalue weighted by atomic mass is 16.5. The standard InChI is InChI=1S/C16H20N6O/c1-12-5-7-21(8-6-12)16-4-3-13(10-18-16)22-15(11-23-2)14(9-17)19-20-22/h3-4,10,12H,5-8,11H2,1-2H3. The number of anilines is 1. The van der Waals surface area contributed by atoms with Crippen LogP contribution in [0.15, 0.2) is 18.3 Å². The highest BCUT2D eigenvalue weighted by molar-refractivity contribution is 5.44. The summed E-state index contributed by atoms with van der Waals surface area (Å²) in [6, 6.07) is 5.98. The van der Waals surface area contributed by atoms with Gasteiger partial charge in [0.2, 0.25) is 0 Å². The Morgan fingerprint density at radius 3 is 2.74 bits per heavy atom. The summed E-state index contributed by atoms with van der Waals surface area (Å²) < 4.78 is 6.75. The predicted molar refractivity (Wildman–Crippen MR) is 85.2 cm³/mol. The molecule has 0 amide bonds. The first kappa shape index (κ1) is 15.4. The molecular formula is C16H20N6O. The van der Waals surface area contributed by atoms with Gasteiger partial charge < -0.3 is 9.64 Å². The lowest BCUT2D eigenvalue weighted by Crippen LogP contribution is -2.33. The van der Waals surface area contributed by atoms with Crippen LogP contribution in [0.5, 0.6) is 0 Å². The second kappa shape index (κ2) is 6.75. The van der Waals surface area contributed by atoms with Crippen LogP contribution in [0.2, 0.25) is 0 Å². The third-order valence-electron chi connectivity index (χ3n) is 4.23. The third-order valence-corrected chi connectivity index (χ3v) is 4.23. The maximum Gasteiger partial charge on any atom is 0.188 e. The van der Waals surface area contributed by atoms with Gasteiger partial charge in [0.1, 0.15) is 17.6 Å². The molecule has 120 valence electrons. The second-order valence-electron chi connectivity index (χ2n) is 5.89. The molecule has 0 radical (unpaired) electrons. The number of rotatable bonds is 4. The number of pyridine rings is 1. The number of nitrogens with zero attached hydrogens (tertiary/aromatic N) is 6. The molecule has 0 atom stereocenters. The molecule has 3 rings (SSSR count). The van der Waals surface area contributed by atoms with Crippen LogP contribution in [0.1, 0.15) is 31.2 Å². The zero-order valence-corrected chi connectivity index (χ0v) is 13.4. The van der Waals surface area contributed by atoms with E-state index in [-0.39, 0.29) is 12.3 Å². The first-order chi connectivity index (χ1) is 11.2. The molecule has 0 unspecified atom stereocenters. The highest BCUT2D eigenvalue weighted by Crippen LogP contribution is 2.22. The van der Waals surface area contributed by atoms with Crippen molar-refractivity contribution in [1.29, 1.82) is 5.26 Å². The van der Waals surface area contributed by atoms with Crippen LogP contribution in [-0.4, -0.2) is 40.2 Å². The van der Waals surface area contributed by atoms with Crippen LogP contribution < -0.4 is 4.90 Å². The Morgan fingerprint density at radius 1 is 1.35 bits per heavy atom. The molecule has 1 aliphatic heterocycles. The van der Waals surface area contributed by atoms with Crippen molar-refractivity contribution in [1.82, 2.24) is 20.0 Å². The van der Waals surface area contributed by atoms with Crippen molar-refractivity contribution >= 4 is 5.82 Å². The topological polar surface area (TPSA) is 79.9 Å². The van der Waals surface area contributed by atoms with Gasteiger partial charge in [-0.2, -0.15) is 5.26 Å². The van der Waals surface area contributed by atoms with Crippen molar-refractivity contribution in [2.75, 3.05) is 25.1 Å². The monoisotopic (exact) mass is 312 g/mol. The fourth-order valence-corrected chi connectivity index (χ4v) is 2.79. The summed E-state index contributed by atoms with van der Waals surface area (Å²) in [5.41, 5.74) is 1.69. The van der Waals surface area contributed by atoms with Gasteiger partial charge in [-0.3, -0.25) is 0 Å². The second-order valence-corrected chi connectivity index (χ2v) is 5.89. The molecule has 7 heteroatoms. The number of methoxy groups -OCH3 is 1. The lowest BCUT2D eigenvalue weighted by molar-refractivity contribution is 0.179. The smallest absolute Gasteiger partial charge is 0.188 e. The predicted octanol–water partition coefficient (Wildman–Crippen LogP) is 1.92. The maximum atomic E-state index is 9.10. The average molecular weight is 312 g/mol. The molecule has 0 bridgehead atoms. The molecule has 2 aromatic heterocycles. The molecule has 2 aromatic rings. The molecule has 23 heavy (non-hydrogen) atoms. The number of hydrogen-bond donors (Lipinski definition) is 0. The van der Waals surface area contributed by atoms with E-state index in [9.17, 15) is 0 Å². The van der Waals surface area contributed by atoms with E-state index in [1.807, 2.05) is 18.2 Å². The molecule has 3 heterocycles. The van der Waals surface area contributed by atoms with E-state index < -0.39 is 0 Å². The van der Waals surface area contributed by atoms with E-state index in [4.69, 9.17) is 10.00 Å². The quantitative estimate of drug-likeness (QED) is 0.858. The molecule has 0 aliphatic carbocycles. The van der Waals surface area contributed by atoms with E-state index in [2.05, 4.69) is 27.1 Å². The molecule has 7 nitrogen and oxygen atoms in total. The number of piperidine rings is 1. The van der Waals surface area contributed by atoms with Gasteiger partial charge in [-0.05, 0) is 30.9 Å². The van der Waals surface area contributed by atoms with Gasteiger partial charge in [-0.25, -0.2) is 9.67 Å². The number of hydrogen-bond acceptors (Lipinski definition) is 6. The van der Waals surface area contributed by atoms with Crippen LogP contribution >= 0.6 is 0 Å². The fraction of sp³-hybridized carbons (Fsp3) is 0.500. The van der Waals surface area contributed by atoms with Crippen molar-refractivity contribution < 1.29 is 4.74 Å². The van der Waals surface area contributed by atoms with Gasteiger partial charge in [0.25, 0.3) is 0 Å². The zero-order valence-electron chi connectivity index (χ0n) is 13.4. The number of ether oxygens (including phenoxy) is 1. The summed E-state index contributed by atoms with van der Waals surface area (Å²) in [6.45, 7) is 4.67. The Hall–Kier alpha value is -2.46. The van der Waals surface area contributed by atoms with Crippen molar-refractivity contribution in [3.8, 4) is 11.8 Å². The van der Waals surface area contributed by atoms with Crippen LogP contribution in [0.25, 0.3) is 5.69 Å². The van der Waals surface area contributed by atoms with E-state index >= 15 is 0 Å². The van der Waals surface area contributed by atoms with E-state index in [1.54, 1.807) is 18.0 Å². The van der Waals surface area contributed by atoms with Gasteiger partial charge in [0.15, 0.2) is 5.69 Å². The van der Waals surface area contributed by atoms with Crippen molar-refractivity contribution in [2.45, 2.75) is 26.4 Å². The first-order valence-electron chi connectivity index (χ1n) is 7.78. The SMILES string of the molecule is COCc1c(C#N)nnn1-c1ccc(N2CCC(C)CC2)nc1. The highest BCUT2D eigenvalue weighted by Gasteiger charge is 2.18. The lowest BCUT2D eigenvalue weighted by atomic mass is 9.99. The summed E-state index contributed by atoms with van der Waals surface area (Å²) in [6.07, 6.45) is 4.18. The minimum Gasteiger partial charge on any atom is -0.378 e. The van der Waals surface area contributed by atoms with Crippen molar-refractivity contribution in [3.05, 3.63) is 29.7 Å². The van der Waals surface area contributed by atoms with Crippen LogP contribution in [-0.2, 0) is 11.3 Å². The minimum absolute atomic E-state index is 0.279. The zero-order chi connectivity index (χ0) is 16.2. The first-order valence-corrected chi connectivity index (χ1v) is 7.78. The summed E-state index contributed by atoms with van der Waals surface area (Å²) in [5.74, 6) is 1.77. The number of aromatic nitrogens is 4. The van der Waals surface area contributed by atoms with Crippen LogP contribution in [0.3, 0.4) is 0 Å². The third kappa shape index (κ3) is 3.17. The van der Waals surface area contributed by atoms with Crippen LogP contribution in [0, 0.1) is 17.2 Å². The van der Waals surface area contributed by atoms with Gasteiger partial charge in [0, 0.05) is 20.2 Å². The lowest BCUT2D eigenvalue weighted by Gasteiger charge is -2.31. The Balaban J connectivity index is 1.83. The van der Waals surface area contributed by atoms with Crippen molar-refractivity contribution in [2.24, 2.45) is 5.92 Å². The van der Waals surface area contributed by atoms with Gasteiger partial charge in [-0.15, -0.1) is 5.10 Å². The maximum absolute atomic E-state index is 9.10. The van der Waals surface area contributed by atoms with E-state index in [0.717, 1.165) is 30.5 Å². The van der Waals surface area contributed by atoms with Gasteiger partial charge >= 0.3 is 0 Å². The molecule has 0 saturated carbocycles. The Morgan fingerprint density at radius 2 is 2.13 bits per heavy atom. The van der Waals surface area contributed by atoms with Gasteiger partial charge in [0.05, 0.1) is 18.5 Å². The molecule has 1 fully saturated rings.